The lowest BCUT2D eigenvalue weighted by Crippen LogP contribution is -2.31. The first-order valence-electron chi connectivity index (χ1n) is 6.50. The van der Waals surface area contributed by atoms with Crippen molar-refractivity contribution < 1.29 is 0 Å². The van der Waals surface area contributed by atoms with Crippen LogP contribution in [0, 0.1) is 5.92 Å². The Morgan fingerprint density at radius 3 is 2.76 bits per heavy atom. The van der Waals surface area contributed by atoms with Crippen molar-refractivity contribution in [2.45, 2.75) is 39.8 Å². The molecule has 1 aromatic heterocycles. The molecule has 2 aromatic rings. The van der Waals surface area contributed by atoms with Crippen LogP contribution in [0.5, 0.6) is 0 Å². The summed E-state index contributed by atoms with van der Waals surface area (Å²) < 4.78 is 0. The van der Waals surface area contributed by atoms with Gasteiger partial charge in [-0.15, -0.1) is 0 Å². The molecule has 0 aliphatic rings. The number of aromatic nitrogens is 1. The zero-order valence-electron chi connectivity index (χ0n) is 11.0. The average molecular weight is 230 g/mol. The minimum absolute atomic E-state index is 0.564. The Morgan fingerprint density at radius 1 is 1.24 bits per heavy atom. The highest BCUT2D eigenvalue weighted by atomic mass is 14.9. The van der Waals surface area contributed by atoms with Crippen LogP contribution in [0.4, 0.5) is 0 Å². The van der Waals surface area contributed by atoms with Crippen LogP contribution in [-0.4, -0.2) is 11.0 Å². The molecule has 0 saturated carbocycles. The second-order valence-electron chi connectivity index (χ2n) is 4.91. The maximum Gasteiger partial charge on any atom is 0.0457 e. The van der Waals surface area contributed by atoms with Gasteiger partial charge in [-0.25, -0.2) is 0 Å². The Kier molecular flexibility index (Phi) is 3.85. The van der Waals surface area contributed by atoms with Crippen LogP contribution >= 0.6 is 0 Å². The largest absolute Gasteiger partial charge is 0.361 e. The Labute approximate surface area is 103 Å². The third-order valence-electron chi connectivity index (χ3n) is 3.79. The van der Waals surface area contributed by atoms with Crippen molar-refractivity contribution >= 4 is 10.9 Å². The Balaban J connectivity index is 2.04. The van der Waals surface area contributed by atoms with Gasteiger partial charge in [-0.05, 0) is 24.5 Å². The lowest BCUT2D eigenvalue weighted by Gasteiger charge is -2.19. The van der Waals surface area contributed by atoms with E-state index in [2.05, 4.69) is 61.5 Å². The standard InChI is InChI=1S/C15H22N2/c1-4-11(2)12(3)16-9-13-10-17-15-8-6-5-7-14(13)15/h5-8,10-12,16-17H,4,9H2,1-3H3. The van der Waals surface area contributed by atoms with Gasteiger partial charge in [0.1, 0.15) is 0 Å². The summed E-state index contributed by atoms with van der Waals surface area (Å²) in [6.45, 7) is 7.75. The normalized spacial score (nSPS) is 15.0. The van der Waals surface area contributed by atoms with Gasteiger partial charge in [0.2, 0.25) is 0 Å². The molecule has 2 unspecified atom stereocenters. The molecule has 2 N–H and O–H groups in total. The quantitative estimate of drug-likeness (QED) is 0.805. The van der Waals surface area contributed by atoms with Crippen LogP contribution in [0.2, 0.25) is 0 Å². The first-order valence-corrected chi connectivity index (χ1v) is 6.50. The van der Waals surface area contributed by atoms with E-state index < -0.39 is 0 Å². The molecule has 92 valence electrons. The van der Waals surface area contributed by atoms with Crippen molar-refractivity contribution in [3.8, 4) is 0 Å². The van der Waals surface area contributed by atoms with Crippen molar-refractivity contribution in [3.05, 3.63) is 36.0 Å². The molecule has 2 rings (SSSR count). The number of rotatable bonds is 5. The third-order valence-corrected chi connectivity index (χ3v) is 3.79. The summed E-state index contributed by atoms with van der Waals surface area (Å²) in [5, 5.41) is 4.94. The van der Waals surface area contributed by atoms with Crippen LogP contribution in [-0.2, 0) is 6.54 Å². The van der Waals surface area contributed by atoms with Crippen LogP contribution in [0.15, 0.2) is 30.5 Å². The van der Waals surface area contributed by atoms with Gasteiger partial charge in [0, 0.05) is 29.7 Å². The fourth-order valence-corrected chi connectivity index (χ4v) is 2.10. The van der Waals surface area contributed by atoms with E-state index in [0.29, 0.717) is 6.04 Å². The van der Waals surface area contributed by atoms with Crippen molar-refractivity contribution in [1.29, 1.82) is 0 Å². The Hall–Kier alpha value is -1.28. The highest BCUT2D eigenvalue weighted by molar-refractivity contribution is 5.82. The topological polar surface area (TPSA) is 27.8 Å². The summed E-state index contributed by atoms with van der Waals surface area (Å²) >= 11 is 0. The molecular formula is C15H22N2. The number of hydrogen-bond acceptors (Lipinski definition) is 1. The Morgan fingerprint density at radius 2 is 2.00 bits per heavy atom. The fraction of sp³-hybridized carbons (Fsp3) is 0.467. The minimum atomic E-state index is 0.564. The zero-order chi connectivity index (χ0) is 12.3. The fourth-order valence-electron chi connectivity index (χ4n) is 2.10. The van der Waals surface area contributed by atoms with Gasteiger partial charge < -0.3 is 10.3 Å². The summed E-state index contributed by atoms with van der Waals surface area (Å²) in [6.07, 6.45) is 3.34. The van der Waals surface area contributed by atoms with Crippen molar-refractivity contribution in [2.75, 3.05) is 0 Å². The summed E-state index contributed by atoms with van der Waals surface area (Å²) in [5.41, 5.74) is 2.58. The number of para-hydroxylation sites is 1. The molecule has 2 heteroatoms. The minimum Gasteiger partial charge on any atom is -0.361 e. The summed E-state index contributed by atoms with van der Waals surface area (Å²) in [6, 6.07) is 9.03. The molecule has 1 aromatic carbocycles. The van der Waals surface area contributed by atoms with Gasteiger partial charge in [0.05, 0.1) is 0 Å². The maximum absolute atomic E-state index is 3.61. The molecule has 0 bridgehead atoms. The van der Waals surface area contributed by atoms with E-state index in [1.165, 1.54) is 22.9 Å². The van der Waals surface area contributed by atoms with E-state index in [1.807, 2.05) is 0 Å². The summed E-state index contributed by atoms with van der Waals surface area (Å²) in [4.78, 5) is 3.32. The molecule has 0 saturated heterocycles. The molecule has 2 atom stereocenters. The van der Waals surface area contributed by atoms with Crippen molar-refractivity contribution in [2.24, 2.45) is 5.92 Å². The molecule has 0 amide bonds. The number of benzene rings is 1. The summed E-state index contributed by atoms with van der Waals surface area (Å²) in [7, 11) is 0. The molecule has 0 fully saturated rings. The van der Waals surface area contributed by atoms with Gasteiger partial charge in [0.15, 0.2) is 0 Å². The maximum atomic E-state index is 3.61. The van der Waals surface area contributed by atoms with Crippen molar-refractivity contribution in [3.63, 3.8) is 0 Å². The molecular weight excluding hydrogens is 208 g/mol. The van der Waals surface area contributed by atoms with Crippen LogP contribution < -0.4 is 5.32 Å². The third kappa shape index (κ3) is 2.70. The highest BCUT2D eigenvalue weighted by Gasteiger charge is 2.10. The first-order chi connectivity index (χ1) is 8.22. The predicted octanol–water partition coefficient (Wildman–Crippen LogP) is 3.69. The molecule has 0 aliphatic carbocycles. The molecule has 0 spiro atoms. The van der Waals surface area contributed by atoms with E-state index in [1.54, 1.807) is 0 Å². The smallest absolute Gasteiger partial charge is 0.0457 e. The summed E-state index contributed by atoms with van der Waals surface area (Å²) in [5.74, 6) is 0.722. The number of fused-ring (bicyclic) bond motifs is 1. The number of hydrogen-bond donors (Lipinski definition) is 2. The van der Waals surface area contributed by atoms with Gasteiger partial charge in [-0.3, -0.25) is 0 Å². The Bertz CT molecular complexity index is 472. The molecule has 2 nitrogen and oxygen atoms in total. The van der Waals surface area contributed by atoms with Crippen LogP contribution in [0.1, 0.15) is 32.8 Å². The average Bonchev–Trinajstić information content (AvgIpc) is 2.78. The lowest BCUT2D eigenvalue weighted by molar-refractivity contribution is 0.390. The van der Waals surface area contributed by atoms with Gasteiger partial charge in [0.25, 0.3) is 0 Å². The van der Waals surface area contributed by atoms with Gasteiger partial charge >= 0.3 is 0 Å². The number of H-pyrrole nitrogens is 1. The van der Waals surface area contributed by atoms with Crippen LogP contribution in [0.3, 0.4) is 0 Å². The van der Waals surface area contributed by atoms with E-state index in [9.17, 15) is 0 Å². The number of nitrogens with one attached hydrogen (secondary N) is 2. The molecule has 1 heterocycles. The van der Waals surface area contributed by atoms with Gasteiger partial charge in [-0.1, -0.05) is 38.5 Å². The molecule has 0 aliphatic heterocycles. The van der Waals surface area contributed by atoms with Crippen molar-refractivity contribution in [1.82, 2.24) is 10.3 Å². The highest BCUT2D eigenvalue weighted by Crippen LogP contribution is 2.18. The van der Waals surface area contributed by atoms with E-state index in [-0.39, 0.29) is 0 Å². The lowest BCUT2D eigenvalue weighted by atomic mass is 10.0. The SMILES string of the molecule is CCC(C)C(C)NCc1c[nH]c2ccccc12. The second kappa shape index (κ2) is 5.37. The van der Waals surface area contributed by atoms with Gasteiger partial charge in [-0.2, -0.15) is 0 Å². The van der Waals surface area contributed by atoms with E-state index in [4.69, 9.17) is 0 Å². The molecule has 0 radical (unpaired) electrons. The first kappa shape index (κ1) is 12.2. The van der Waals surface area contributed by atoms with E-state index >= 15 is 0 Å². The zero-order valence-corrected chi connectivity index (χ0v) is 11.0. The molecule has 17 heavy (non-hydrogen) atoms. The van der Waals surface area contributed by atoms with Crippen LogP contribution in [0.25, 0.3) is 10.9 Å². The predicted molar refractivity (Wildman–Crippen MR) is 74.1 cm³/mol. The number of aromatic amines is 1. The van der Waals surface area contributed by atoms with E-state index in [0.717, 1.165) is 12.5 Å². The second-order valence-corrected chi connectivity index (χ2v) is 4.91. The monoisotopic (exact) mass is 230 g/mol.